The van der Waals surface area contributed by atoms with E-state index in [-0.39, 0.29) is 4.87 Å². The van der Waals surface area contributed by atoms with E-state index in [1.165, 1.54) is 22.6 Å². The molecule has 0 bridgehead atoms. The van der Waals surface area contributed by atoms with Gasteiger partial charge in [-0.3, -0.25) is 4.79 Å². The molecule has 0 unspecified atom stereocenters. The van der Waals surface area contributed by atoms with Crippen LogP contribution >= 0.6 is 11.3 Å². The first-order valence-electron chi connectivity index (χ1n) is 9.17. The topological polar surface area (TPSA) is 86.5 Å². The predicted octanol–water partition coefficient (Wildman–Crippen LogP) is 4.93. The van der Waals surface area contributed by atoms with Gasteiger partial charge in [0.1, 0.15) is 17.8 Å². The molecule has 0 aliphatic heterocycles. The number of hydrogen-bond acceptors (Lipinski definition) is 5. The number of nitrogens with one attached hydrogen (secondary N) is 3. The number of aromatic nitrogens is 4. The Labute approximate surface area is 161 Å². The predicted molar refractivity (Wildman–Crippen MR) is 112 cm³/mol. The fourth-order valence-electron chi connectivity index (χ4n) is 3.56. The highest BCUT2D eigenvalue weighted by atomic mass is 32.1. The highest BCUT2D eigenvalue weighted by Gasteiger charge is 2.20. The van der Waals surface area contributed by atoms with Crippen molar-refractivity contribution < 1.29 is 0 Å². The van der Waals surface area contributed by atoms with Crippen molar-refractivity contribution in [2.45, 2.75) is 40.0 Å². The first-order valence-corrected chi connectivity index (χ1v) is 9.99. The molecule has 0 aliphatic rings. The molecule has 4 rings (SSSR count). The van der Waals surface area contributed by atoms with Crippen LogP contribution in [0.2, 0.25) is 0 Å². The summed E-state index contributed by atoms with van der Waals surface area (Å²) in [6.45, 7) is 8.84. The van der Waals surface area contributed by atoms with Gasteiger partial charge in [0.15, 0.2) is 0 Å². The van der Waals surface area contributed by atoms with Crippen LogP contribution in [-0.2, 0) is 6.42 Å². The Kier molecular flexibility index (Phi) is 4.47. The van der Waals surface area contributed by atoms with Crippen LogP contribution in [0.1, 0.15) is 44.9 Å². The van der Waals surface area contributed by atoms with Gasteiger partial charge in [-0.25, -0.2) is 9.97 Å². The van der Waals surface area contributed by atoms with Crippen molar-refractivity contribution in [1.82, 2.24) is 19.9 Å². The second kappa shape index (κ2) is 6.81. The minimum absolute atomic E-state index is 0.0439. The zero-order valence-corrected chi connectivity index (χ0v) is 16.7. The van der Waals surface area contributed by atoms with E-state index in [4.69, 9.17) is 0 Å². The van der Waals surface area contributed by atoms with Gasteiger partial charge >= 0.3 is 4.87 Å². The van der Waals surface area contributed by atoms with Gasteiger partial charge in [0.2, 0.25) is 0 Å². The van der Waals surface area contributed by atoms with Gasteiger partial charge in [0, 0.05) is 11.4 Å². The Hall–Kier alpha value is -2.67. The molecule has 0 saturated carbocycles. The first kappa shape index (κ1) is 17.7. The van der Waals surface area contributed by atoms with Crippen LogP contribution in [0, 0.1) is 5.92 Å². The number of anilines is 2. The first-order chi connectivity index (χ1) is 12.9. The number of rotatable bonds is 5. The fourth-order valence-corrected chi connectivity index (χ4v) is 4.33. The van der Waals surface area contributed by atoms with E-state index >= 15 is 0 Å². The Morgan fingerprint density at radius 3 is 2.70 bits per heavy atom. The zero-order chi connectivity index (χ0) is 19.1. The van der Waals surface area contributed by atoms with Gasteiger partial charge < -0.3 is 15.3 Å². The third-order valence-electron chi connectivity index (χ3n) is 4.58. The number of benzene rings is 1. The van der Waals surface area contributed by atoms with Gasteiger partial charge in [0.25, 0.3) is 0 Å². The maximum atomic E-state index is 11.6. The quantitative estimate of drug-likeness (QED) is 0.458. The lowest BCUT2D eigenvalue weighted by molar-refractivity contribution is 0.630. The van der Waals surface area contributed by atoms with Crippen molar-refractivity contribution in [1.29, 1.82) is 0 Å². The number of hydrogen-bond donors (Lipinski definition) is 3. The lowest BCUT2D eigenvalue weighted by Gasteiger charge is -2.12. The zero-order valence-electron chi connectivity index (χ0n) is 15.9. The van der Waals surface area contributed by atoms with Crippen molar-refractivity contribution >= 4 is 44.1 Å². The second-order valence-electron chi connectivity index (χ2n) is 7.57. The molecule has 4 aromatic rings. The lowest BCUT2D eigenvalue weighted by atomic mass is 9.96. The molecule has 7 heteroatoms. The van der Waals surface area contributed by atoms with E-state index in [2.05, 4.69) is 52.9 Å². The highest BCUT2D eigenvalue weighted by molar-refractivity contribution is 7.16. The lowest BCUT2D eigenvalue weighted by Crippen LogP contribution is -2.01. The molecule has 1 aromatic carbocycles. The van der Waals surface area contributed by atoms with Crippen molar-refractivity contribution in [2.75, 3.05) is 5.32 Å². The molecular formula is C20H23N5OS. The molecular weight excluding hydrogens is 358 g/mol. The third kappa shape index (κ3) is 3.35. The van der Waals surface area contributed by atoms with Gasteiger partial charge in [0.05, 0.1) is 15.6 Å². The van der Waals surface area contributed by atoms with Crippen molar-refractivity contribution in [2.24, 2.45) is 5.92 Å². The monoisotopic (exact) mass is 381 g/mol. The van der Waals surface area contributed by atoms with Crippen LogP contribution in [-0.4, -0.2) is 19.9 Å². The van der Waals surface area contributed by atoms with Crippen molar-refractivity contribution in [3.8, 4) is 0 Å². The molecule has 0 aliphatic carbocycles. The summed E-state index contributed by atoms with van der Waals surface area (Å²) < 4.78 is 0.925. The molecule has 0 radical (unpaired) electrons. The van der Waals surface area contributed by atoms with Gasteiger partial charge in [-0.05, 0) is 42.0 Å². The molecule has 3 aromatic heterocycles. The Balaban J connectivity index is 1.82. The SMILES string of the molecule is CC(C)Cc1[nH]c2ncnc(Nc3ccc4[nH]c(=O)sc4c3)c2c1C(C)C. The maximum Gasteiger partial charge on any atom is 0.305 e. The molecule has 0 saturated heterocycles. The van der Waals surface area contributed by atoms with Crippen LogP contribution in [0.15, 0.2) is 29.3 Å². The molecule has 140 valence electrons. The molecule has 0 fully saturated rings. The maximum absolute atomic E-state index is 11.6. The molecule has 3 heterocycles. The largest absolute Gasteiger partial charge is 0.343 e. The normalized spacial score (nSPS) is 11.9. The van der Waals surface area contributed by atoms with Gasteiger partial charge in [-0.15, -0.1) is 0 Å². The number of thiazole rings is 1. The summed E-state index contributed by atoms with van der Waals surface area (Å²) >= 11 is 1.21. The summed E-state index contributed by atoms with van der Waals surface area (Å²) in [4.78, 5) is 26.8. The average molecular weight is 382 g/mol. The van der Waals surface area contributed by atoms with E-state index in [1.807, 2.05) is 18.2 Å². The smallest absolute Gasteiger partial charge is 0.305 e. The van der Waals surface area contributed by atoms with E-state index in [0.717, 1.165) is 39.2 Å². The highest BCUT2D eigenvalue weighted by Crippen LogP contribution is 2.35. The number of fused-ring (bicyclic) bond motifs is 2. The molecule has 0 atom stereocenters. The molecule has 0 spiro atoms. The summed E-state index contributed by atoms with van der Waals surface area (Å²) in [5, 5.41) is 4.48. The summed E-state index contributed by atoms with van der Waals surface area (Å²) in [6, 6.07) is 5.84. The van der Waals surface area contributed by atoms with E-state index in [0.29, 0.717) is 11.8 Å². The van der Waals surface area contributed by atoms with Crippen LogP contribution in [0.25, 0.3) is 21.3 Å². The van der Waals surface area contributed by atoms with Gasteiger partial charge in [-0.1, -0.05) is 39.0 Å². The van der Waals surface area contributed by atoms with Crippen LogP contribution in [0.4, 0.5) is 11.5 Å². The number of H-pyrrole nitrogens is 2. The third-order valence-corrected chi connectivity index (χ3v) is 5.43. The Bertz CT molecular complexity index is 1170. The fraction of sp³-hybridized carbons (Fsp3) is 0.350. The standard InChI is InChI=1S/C20H23N5OS/c1-10(2)7-14-16(11(3)4)17-18(21-9-22-19(17)24-14)23-12-5-6-13-15(8-12)27-20(26)25-13/h5-6,8-11H,7H2,1-4H3,(H,25,26)(H2,21,22,23,24). The van der Waals surface area contributed by atoms with Gasteiger partial charge in [-0.2, -0.15) is 0 Å². The summed E-state index contributed by atoms with van der Waals surface area (Å²) in [5.74, 6) is 1.70. The summed E-state index contributed by atoms with van der Waals surface area (Å²) in [6.07, 6.45) is 2.56. The average Bonchev–Trinajstić information content (AvgIpc) is 3.13. The summed E-state index contributed by atoms with van der Waals surface area (Å²) in [5.41, 5.74) is 5.12. The van der Waals surface area contributed by atoms with Crippen LogP contribution in [0.3, 0.4) is 0 Å². The van der Waals surface area contributed by atoms with E-state index in [9.17, 15) is 4.79 Å². The van der Waals surface area contributed by atoms with E-state index < -0.39 is 0 Å². The number of aromatic amines is 2. The minimum atomic E-state index is -0.0439. The minimum Gasteiger partial charge on any atom is -0.343 e. The number of nitrogens with zero attached hydrogens (tertiary/aromatic N) is 2. The van der Waals surface area contributed by atoms with Crippen LogP contribution < -0.4 is 10.2 Å². The van der Waals surface area contributed by atoms with E-state index in [1.54, 1.807) is 6.33 Å². The van der Waals surface area contributed by atoms with Crippen molar-refractivity contribution in [3.05, 3.63) is 45.5 Å². The molecule has 6 nitrogen and oxygen atoms in total. The molecule has 27 heavy (non-hydrogen) atoms. The molecule has 3 N–H and O–H groups in total. The van der Waals surface area contributed by atoms with Crippen LogP contribution in [0.5, 0.6) is 0 Å². The Morgan fingerprint density at radius 1 is 1.15 bits per heavy atom. The molecule has 0 amide bonds. The summed E-state index contributed by atoms with van der Waals surface area (Å²) in [7, 11) is 0. The second-order valence-corrected chi connectivity index (χ2v) is 8.58. The van der Waals surface area contributed by atoms with Crippen molar-refractivity contribution in [3.63, 3.8) is 0 Å². The Morgan fingerprint density at radius 2 is 1.96 bits per heavy atom.